The normalized spacial score (nSPS) is 11.5. The third kappa shape index (κ3) is 4.77. The number of ether oxygens (including phenoxy) is 1. The van der Waals surface area contributed by atoms with Crippen molar-refractivity contribution in [3.05, 3.63) is 40.8 Å². The molecule has 1 N–H and O–H groups in total. The van der Waals surface area contributed by atoms with Gasteiger partial charge in [0.15, 0.2) is 0 Å². The Kier molecular flexibility index (Phi) is 6.31. The summed E-state index contributed by atoms with van der Waals surface area (Å²) in [4.78, 5) is 34.0. The maximum atomic E-state index is 12.1. The van der Waals surface area contributed by atoms with Crippen molar-refractivity contribution >= 4 is 11.8 Å². The van der Waals surface area contributed by atoms with Crippen molar-refractivity contribution in [2.75, 3.05) is 13.7 Å². The molecule has 20 heavy (non-hydrogen) atoms. The molecule has 2 amide bonds. The van der Waals surface area contributed by atoms with E-state index in [1.54, 1.807) is 24.3 Å². The van der Waals surface area contributed by atoms with Gasteiger partial charge in [-0.2, -0.15) is 5.01 Å². The fourth-order valence-electron chi connectivity index (χ4n) is 1.67. The molecule has 108 valence electrons. The topological polar surface area (TPSA) is 88.1 Å². The second kappa shape index (κ2) is 8.00. The maximum absolute atomic E-state index is 12.1. The van der Waals surface area contributed by atoms with E-state index in [1.165, 1.54) is 14.0 Å². The average Bonchev–Trinajstić information content (AvgIpc) is 2.44. The van der Waals surface area contributed by atoms with Crippen molar-refractivity contribution in [3.63, 3.8) is 0 Å². The highest BCUT2D eigenvalue weighted by Crippen LogP contribution is 2.07. The van der Waals surface area contributed by atoms with Crippen molar-refractivity contribution in [2.45, 2.75) is 19.5 Å². The smallest absolute Gasteiger partial charge is 0.270 e. The van der Waals surface area contributed by atoms with Crippen LogP contribution in [0.3, 0.4) is 0 Å². The zero-order valence-electron chi connectivity index (χ0n) is 11.4. The van der Waals surface area contributed by atoms with Gasteiger partial charge in [0.25, 0.3) is 5.91 Å². The van der Waals surface area contributed by atoms with Crippen LogP contribution in [0.1, 0.15) is 12.5 Å². The first-order valence-corrected chi connectivity index (χ1v) is 6.03. The number of rotatable bonds is 7. The molecule has 7 nitrogen and oxygen atoms in total. The molecule has 0 aromatic heterocycles. The first kappa shape index (κ1) is 15.8. The predicted octanol–water partition coefficient (Wildman–Crippen LogP) is 0.848. The van der Waals surface area contributed by atoms with E-state index in [4.69, 9.17) is 4.74 Å². The Bertz CT molecular complexity index is 464. The fraction of sp³-hybridized carbons (Fsp3) is 0.385. The number of amides is 2. The number of carbonyl (C=O) groups excluding carboxylic acids is 2. The van der Waals surface area contributed by atoms with Gasteiger partial charge in [-0.15, -0.1) is 4.91 Å². The number of carbonyl (C=O) groups is 2. The summed E-state index contributed by atoms with van der Waals surface area (Å²) in [5.41, 5.74) is 0.763. The highest BCUT2D eigenvalue weighted by atomic mass is 16.5. The molecule has 0 heterocycles. The van der Waals surface area contributed by atoms with E-state index in [0.717, 1.165) is 10.6 Å². The van der Waals surface area contributed by atoms with Gasteiger partial charge < -0.3 is 10.1 Å². The molecule has 0 bridgehead atoms. The molecule has 1 atom stereocenters. The molecule has 0 spiro atoms. The first-order valence-electron chi connectivity index (χ1n) is 6.03. The van der Waals surface area contributed by atoms with Gasteiger partial charge in [0, 0.05) is 14.0 Å². The summed E-state index contributed by atoms with van der Waals surface area (Å²) in [5, 5.41) is 5.92. The van der Waals surface area contributed by atoms with Crippen LogP contribution < -0.4 is 5.32 Å². The number of nitroso groups, excluding NO2 is 1. The van der Waals surface area contributed by atoms with Crippen molar-refractivity contribution < 1.29 is 14.3 Å². The highest BCUT2D eigenvalue weighted by Gasteiger charge is 2.26. The summed E-state index contributed by atoms with van der Waals surface area (Å²) in [5.74, 6) is -0.994. The third-order valence-corrected chi connectivity index (χ3v) is 2.54. The van der Waals surface area contributed by atoms with E-state index in [9.17, 15) is 14.5 Å². The SMILES string of the molecule is COC[C@@H](NC(C)=O)C(=O)N(Cc1ccccc1)N=O. The number of nitrogens with zero attached hydrogens (tertiary/aromatic N) is 2. The molecule has 0 unspecified atom stereocenters. The van der Waals surface area contributed by atoms with Gasteiger partial charge in [-0.1, -0.05) is 30.3 Å². The molecule has 0 aliphatic rings. The lowest BCUT2D eigenvalue weighted by Gasteiger charge is -2.21. The van der Waals surface area contributed by atoms with Gasteiger partial charge in [-0.05, 0) is 5.56 Å². The fourth-order valence-corrected chi connectivity index (χ4v) is 1.67. The van der Waals surface area contributed by atoms with Gasteiger partial charge >= 0.3 is 0 Å². The third-order valence-electron chi connectivity index (χ3n) is 2.54. The minimum atomic E-state index is -0.932. The standard InChI is InChI=1S/C13H17N3O4/c1-10(17)14-12(9-20-2)13(18)16(15-19)8-11-6-4-3-5-7-11/h3-7,12H,8-9H2,1-2H3,(H,14,17)/t12-/m1/s1. The molecule has 0 saturated carbocycles. The lowest BCUT2D eigenvalue weighted by molar-refractivity contribution is -0.138. The molecule has 7 heteroatoms. The molecule has 1 aromatic carbocycles. The highest BCUT2D eigenvalue weighted by molar-refractivity contribution is 5.86. The molecular weight excluding hydrogens is 262 g/mol. The predicted molar refractivity (Wildman–Crippen MR) is 72.3 cm³/mol. The van der Waals surface area contributed by atoms with Crippen LogP contribution in [-0.4, -0.2) is 36.6 Å². The molecule has 1 rings (SSSR count). The zero-order valence-corrected chi connectivity index (χ0v) is 11.4. The molecule has 0 aliphatic heterocycles. The Labute approximate surface area is 116 Å². The van der Waals surface area contributed by atoms with Crippen LogP contribution in [0.15, 0.2) is 35.6 Å². The van der Waals surface area contributed by atoms with Gasteiger partial charge in [0.2, 0.25) is 5.91 Å². The van der Waals surface area contributed by atoms with E-state index >= 15 is 0 Å². The van der Waals surface area contributed by atoms with E-state index in [-0.39, 0.29) is 19.1 Å². The monoisotopic (exact) mass is 279 g/mol. The molecule has 0 saturated heterocycles. The summed E-state index contributed by atoms with van der Waals surface area (Å²) in [6, 6.07) is 8.03. The van der Waals surface area contributed by atoms with Gasteiger partial charge in [0.1, 0.15) is 6.04 Å². The van der Waals surface area contributed by atoms with Crippen LogP contribution in [0.5, 0.6) is 0 Å². The molecule has 0 fully saturated rings. The first-order chi connectivity index (χ1) is 9.58. The van der Waals surface area contributed by atoms with Crippen LogP contribution in [0, 0.1) is 4.91 Å². The number of hydrogen-bond donors (Lipinski definition) is 1. The van der Waals surface area contributed by atoms with Gasteiger partial charge in [0.05, 0.1) is 18.4 Å². The van der Waals surface area contributed by atoms with Gasteiger partial charge in [-0.25, -0.2) is 0 Å². The molecule has 1 aromatic rings. The quantitative estimate of drug-likeness (QED) is 0.592. The van der Waals surface area contributed by atoms with Crippen LogP contribution >= 0.6 is 0 Å². The Morgan fingerprint density at radius 3 is 2.50 bits per heavy atom. The molecule has 0 aliphatic carbocycles. The lowest BCUT2D eigenvalue weighted by Crippen LogP contribution is -2.48. The van der Waals surface area contributed by atoms with E-state index in [0.29, 0.717) is 0 Å². The average molecular weight is 279 g/mol. The van der Waals surface area contributed by atoms with Crippen molar-refractivity contribution in [2.24, 2.45) is 5.29 Å². The van der Waals surface area contributed by atoms with Crippen molar-refractivity contribution in [1.82, 2.24) is 10.3 Å². The van der Waals surface area contributed by atoms with Gasteiger partial charge in [-0.3, -0.25) is 9.59 Å². The Morgan fingerprint density at radius 1 is 1.35 bits per heavy atom. The van der Waals surface area contributed by atoms with E-state index in [1.807, 2.05) is 6.07 Å². The zero-order chi connectivity index (χ0) is 15.0. The maximum Gasteiger partial charge on any atom is 0.270 e. The Morgan fingerprint density at radius 2 is 2.00 bits per heavy atom. The number of benzene rings is 1. The summed E-state index contributed by atoms with van der Waals surface area (Å²) < 4.78 is 4.86. The van der Waals surface area contributed by atoms with E-state index in [2.05, 4.69) is 10.6 Å². The summed E-state index contributed by atoms with van der Waals surface area (Å²) in [7, 11) is 1.40. The van der Waals surface area contributed by atoms with Crippen molar-refractivity contribution in [1.29, 1.82) is 0 Å². The summed E-state index contributed by atoms with van der Waals surface area (Å²) in [6.45, 7) is 1.30. The minimum absolute atomic E-state index is 0.0285. The second-order valence-corrected chi connectivity index (χ2v) is 4.17. The van der Waals surface area contributed by atoms with Crippen LogP contribution in [0.25, 0.3) is 0 Å². The Hall–Kier alpha value is -2.28. The lowest BCUT2D eigenvalue weighted by atomic mass is 10.2. The molecule has 0 radical (unpaired) electrons. The molecular formula is C13H17N3O4. The minimum Gasteiger partial charge on any atom is -0.382 e. The van der Waals surface area contributed by atoms with E-state index < -0.39 is 11.9 Å². The number of methoxy groups -OCH3 is 1. The Balaban J connectivity index is 2.78. The summed E-state index contributed by atoms with van der Waals surface area (Å²) >= 11 is 0. The summed E-state index contributed by atoms with van der Waals surface area (Å²) in [6.07, 6.45) is 0. The number of hydrogen-bond acceptors (Lipinski definition) is 5. The van der Waals surface area contributed by atoms with Crippen molar-refractivity contribution in [3.8, 4) is 0 Å². The second-order valence-electron chi connectivity index (χ2n) is 4.17. The van der Waals surface area contributed by atoms with Crippen LogP contribution in [0.4, 0.5) is 0 Å². The van der Waals surface area contributed by atoms with Crippen LogP contribution in [-0.2, 0) is 20.9 Å². The van der Waals surface area contributed by atoms with Crippen LogP contribution in [0.2, 0.25) is 0 Å². The number of nitrogens with one attached hydrogen (secondary N) is 1. The largest absolute Gasteiger partial charge is 0.382 e.